The van der Waals surface area contributed by atoms with Crippen LogP contribution in [0.2, 0.25) is 0 Å². The van der Waals surface area contributed by atoms with Crippen molar-refractivity contribution in [2.24, 2.45) is 11.8 Å². The third-order valence-electron chi connectivity index (χ3n) is 3.65. The smallest absolute Gasteiger partial charge is 0.161 e. The lowest BCUT2D eigenvalue weighted by Crippen LogP contribution is -2.32. The van der Waals surface area contributed by atoms with Crippen LogP contribution in [0, 0.1) is 23.2 Å². The van der Waals surface area contributed by atoms with Crippen LogP contribution in [0.25, 0.3) is 0 Å². The van der Waals surface area contributed by atoms with E-state index in [1.807, 2.05) is 31.2 Å². The van der Waals surface area contributed by atoms with E-state index in [4.69, 9.17) is 9.47 Å². The van der Waals surface area contributed by atoms with Crippen LogP contribution in [0.3, 0.4) is 0 Å². The molecule has 0 heterocycles. The van der Waals surface area contributed by atoms with Crippen LogP contribution in [-0.2, 0) is 0 Å². The second kappa shape index (κ2) is 6.47. The van der Waals surface area contributed by atoms with Crippen molar-refractivity contribution in [2.45, 2.75) is 39.2 Å². The second-order valence-electron chi connectivity index (χ2n) is 5.19. The van der Waals surface area contributed by atoms with Crippen LogP contribution in [0.1, 0.15) is 33.1 Å². The van der Waals surface area contributed by atoms with Gasteiger partial charge < -0.3 is 9.47 Å². The minimum atomic E-state index is -0.0182. The Labute approximate surface area is 115 Å². The zero-order chi connectivity index (χ0) is 13.7. The number of hydrogen-bond donors (Lipinski definition) is 0. The molecule has 2 rings (SSSR count). The Morgan fingerprint density at radius 2 is 2.00 bits per heavy atom. The predicted octanol–water partition coefficient (Wildman–Crippen LogP) is 3.79. The second-order valence-corrected chi connectivity index (χ2v) is 5.19. The van der Waals surface area contributed by atoms with Crippen molar-refractivity contribution in [2.75, 3.05) is 6.61 Å². The summed E-state index contributed by atoms with van der Waals surface area (Å²) >= 11 is 0. The highest BCUT2D eigenvalue weighted by Gasteiger charge is 2.30. The van der Waals surface area contributed by atoms with E-state index in [0.717, 1.165) is 30.8 Å². The maximum absolute atomic E-state index is 9.24. The van der Waals surface area contributed by atoms with Crippen molar-refractivity contribution in [3.8, 4) is 17.6 Å². The Kier molecular flexibility index (Phi) is 4.68. The van der Waals surface area contributed by atoms with E-state index in [-0.39, 0.29) is 12.0 Å². The van der Waals surface area contributed by atoms with Crippen LogP contribution in [-0.4, -0.2) is 12.7 Å². The average Bonchev–Trinajstić information content (AvgIpc) is 2.42. The van der Waals surface area contributed by atoms with Gasteiger partial charge in [-0.05, 0) is 44.2 Å². The SMILES string of the molecule is CCOc1ccccc1OC1CC(C)CCC1C#N. The lowest BCUT2D eigenvalue weighted by atomic mass is 9.81. The van der Waals surface area contributed by atoms with Gasteiger partial charge in [0.25, 0.3) is 0 Å². The summed E-state index contributed by atoms with van der Waals surface area (Å²) < 4.78 is 11.6. The molecule has 0 aliphatic heterocycles. The molecule has 1 saturated carbocycles. The molecule has 0 aromatic heterocycles. The zero-order valence-electron chi connectivity index (χ0n) is 11.6. The largest absolute Gasteiger partial charge is 0.490 e. The number of nitrogens with zero attached hydrogens (tertiary/aromatic N) is 1. The van der Waals surface area contributed by atoms with Crippen LogP contribution >= 0.6 is 0 Å². The van der Waals surface area contributed by atoms with Crippen molar-refractivity contribution in [1.82, 2.24) is 0 Å². The first kappa shape index (κ1) is 13.7. The number of ether oxygens (including phenoxy) is 2. The molecule has 1 aromatic rings. The molecule has 1 aliphatic rings. The van der Waals surface area contributed by atoms with E-state index >= 15 is 0 Å². The van der Waals surface area contributed by atoms with E-state index in [9.17, 15) is 5.26 Å². The van der Waals surface area contributed by atoms with Gasteiger partial charge in [0.15, 0.2) is 11.5 Å². The van der Waals surface area contributed by atoms with Gasteiger partial charge in [0.1, 0.15) is 6.10 Å². The summed E-state index contributed by atoms with van der Waals surface area (Å²) in [6.45, 7) is 4.79. The first-order valence-corrected chi connectivity index (χ1v) is 7.02. The summed E-state index contributed by atoms with van der Waals surface area (Å²) in [4.78, 5) is 0. The Morgan fingerprint density at radius 3 is 2.68 bits per heavy atom. The highest BCUT2D eigenvalue weighted by molar-refractivity contribution is 5.39. The summed E-state index contributed by atoms with van der Waals surface area (Å²) in [5.74, 6) is 2.13. The van der Waals surface area contributed by atoms with E-state index in [2.05, 4.69) is 13.0 Å². The number of para-hydroxylation sites is 2. The van der Waals surface area contributed by atoms with Crippen LogP contribution < -0.4 is 9.47 Å². The van der Waals surface area contributed by atoms with E-state index in [0.29, 0.717) is 12.5 Å². The van der Waals surface area contributed by atoms with Crippen molar-refractivity contribution in [3.63, 3.8) is 0 Å². The van der Waals surface area contributed by atoms with Gasteiger partial charge in [-0.25, -0.2) is 0 Å². The molecular weight excluding hydrogens is 238 g/mol. The molecule has 1 aromatic carbocycles. The lowest BCUT2D eigenvalue weighted by Gasteiger charge is -2.31. The highest BCUT2D eigenvalue weighted by atomic mass is 16.5. The van der Waals surface area contributed by atoms with Crippen molar-refractivity contribution in [3.05, 3.63) is 24.3 Å². The Morgan fingerprint density at radius 1 is 1.26 bits per heavy atom. The average molecular weight is 259 g/mol. The minimum absolute atomic E-state index is 0.00844. The summed E-state index contributed by atoms with van der Waals surface area (Å²) in [6.07, 6.45) is 2.97. The molecular formula is C16H21NO2. The fraction of sp³-hybridized carbons (Fsp3) is 0.562. The molecule has 1 aliphatic carbocycles. The van der Waals surface area contributed by atoms with Crippen LogP contribution in [0.5, 0.6) is 11.5 Å². The molecule has 0 radical (unpaired) electrons. The molecule has 0 bridgehead atoms. The van der Waals surface area contributed by atoms with Gasteiger partial charge in [-0.1, -0.05) is 19.1 Å². The third kappa shape index (κ3) is 3.41. The molecule has 102 valence electrons. The monoisotopic (exact) mass is 259 g/mol. The molecule has 1 fully saturated rings. The molecule has 0 N–H and O–H groups in total. The molecule has 0 amide bonds. The molecule has 3 unspecified atom stereocenters. The van der Waals surface area contributed by atoms with Gasteiger partial charge in [-0.2, -0.15) is 5.26 Å². The maximum Gasteiger partial charge on any atom is 0.161 e. The predicted molar refractivity (Wildman–Crippen MR) is 74.1 cm³/mol. The summed E-state index contributed by atoms with van der Waals surface area (Å²) in [5, 5.41) is 9.24. The minimum Gasteiger partial charge on any atom is -0.490 e. The van der Waals surface area contributed by atoms with Crippen LogP contribution in [0.15, 0.2) is 24.3 Å². The van der Waals surface area contributed by atoms with Crippen LogP contribution in [0.4, 0.5) is 0 Å². The Bertz CT molecular complexity index is 452. The van der Waals surface area contributed by atoms with Gasteiger partial charge in [-0.3, -0.25) is 0 Å². The molecule has 3 nitrogen and oxygen atoms in total. The zero-order valence-corrected chi connectivity index (χ0v) is 11.6. The summed E-state index contributed by atoms with van der Waals surface area (Å²) in [6, 6.07) is 10.1. The van der Waals surface area contributed by atoms with Gasteiger partial charge in [0.05, 0.1) is 18.6 Å². The molecule has 0 saturated heterocycles. The van der Waals surface area contributed by atoms with Crippen molar-refractivity contribution in [1.29, 1.82) is 5.26 Å². The van der Waals surface area contributed by atoms with Gasteiger partial charge in [0.2, 0.25) is 0 Å². The number of hydrogen-bond acceptors (Lipinski definition) is 3. The van der Waals surface area contributed by atoms with Gasteiger partial charge >= 0.3 is 0 Å². The van der Waals surface area contributed by atoms with Crippen molar-refractivity contribution < 1.29 is 9.47 Å². The standard InChI is InChI=1S/C16H21NO2/c1-3-18-14-6-4-5-7-15(14)19-16-10-12(2)8-9-13(16)11-17/h4-7,12-13,16H,3,8-10H2,1-2H3. The van der Waals surface area contributed by atoms with E-state index in [1.165, 1.54) is 0 Å². The first-order valence-electron chi connectivity index (χ1n) is 7.02. The fourth-order valence-electron chi connectivity index (χ4n) is 2.59. The van der Waals surface area contributed by atoms with Gasteiger partial charge in [0, 0.05) is 0 Å². The van der Waals surface area contributed by atoms with E-state index in [1.54, 1.807) is 0 Å². The Balaban J connectivity index is 2.12. The molecule has 3 atom stereocenters. The molecule has 3 heteroatoms. The fourth-order valence-corrected chi connectivity index (χ4v) is 2.59. The van der Waals surface area contributed by atoms with Gasteiger partial charge in [-0.15, -0.1) is 0 Å². The number of nitriles is 1. The first-order chi connectivity index (χ1) is 9.24. The van der Waals surface area contributed by atoms with Crippen molar-refractivity contribution >= 4 is 0 Å². The summed E-state index contributed by atoms with van der Waals surface area (Å²) in [5.41, 5.74) is 0. The maximum atomic E-state index is 9.24. The molecule has 0 spiro atoms. The lowest BCUT2D eigenvalue weighted by molar-refractivity contribution is 0.0917. The highest BCUT2D eigenvalue weighted by Crippen LogP contribution is 2.34. The molecule has 19 heavy (non-hydrogen) atoms. The quantitative estimate of drug-likeness (QED) is 0.826. The number of rotatable bonds is 4. The number of benzene rings is 1. The third-order valence-corrected chi connectivity index (χ3v) is 3.65. The topological polar surface area (TPSA) is 42.2 Å². The normalized spacial score (nSPS) is 26.5. The Hall–Kier alpha value is -1.69. The summed E-state index contributed by atoms with van der Waals surface area (Å²) in [7, 11) is 0. The van der Waals surface area contributed by atoms with E-state index < -0.39 is 0 Å².